The summed E-state index contributed by atoms with van der Waals surface area (Å²) in [6, 6.07) is 7.39. The highest BCUT2D eigenvalue weighted by molar-refractivity contribution is 7.80. The number of benzene rings is 1. The second-order valence-electron chi connectivity index (χ2n) is 4.34. The molecular formula is C13H17NO2S. The first-order chi connectivity index (χ1) is 8.20. The van der Waals surface area contributed by atoms with Gasteiger partial charge in [0.25, 0.3) is 5.91 Å². The Bertz CT molecular complexity index is 408. The van der Waals surface area contributed by atoms with Gasteiger partial charge in [-0.1, -0.05) is 6.07 Å². The zero-order chi connectivity index (χ0) is 12.3. The molecule has 4 heteroatoms. The van der Waals surface area contributed by atoms with Crippen LogP contribution in [0.5, 0.6) is 0 Å². The van der Waals surface area contributed by atoms with E-state index in [0.29, 0.717) is 5.56 Å². The third kappa shape index (κ3) is 3.01. The van der Waals surface area contributed by atoms with Gasteiger partial charge in [-0.2, -0.15) is 0 Å². The monoisotopic (exact) mass is 251 g/mol. The smallest absolute Gasteiger partial charge is 0.251 e. The van der Waals surface area contributed by atoms with E-state index in [0.717, 1.165) is 24.2 Å². The predicted molar refractivity (Wildman–Crippen MR) is 69.6 cm³/mol. The summed E-state index contributed by atoms with van der Waals surface area (Å²) in [7, 11) is 1.70. The summed E-state index contributed by atoms with van der Waals surface area (Å²) in [5.74, 6) is -0.0464. The van der Waals surface area contributed by atoms with Crippen LogP contribution in [-0.2, 0) is 4.74 Å². The van der Waals surface area contributed by atoms with Crippen LogP contribution in [0.4, 0.5) is 0 Å². The van der Waals surface area contributed by atoms with Crippen LogP contribution in [0.1, 0.15) is 29.6 Å². The summed E-state index contributed by atoms with van der Waals surface area (Å²) < 4.78 is 5.35. The molecule has 92 valence electrons. The highest BCUT2D eigenvalue weighted by Crippen LogP contribution is 2.22. The molecule has 0 spiro atoms. The van der Waals surface area contributed by atoms with Gasteiger partial charge in [0, 0.05) is 17.6 Å². The first kappa shape index (κ1) is 12.5. The van der Waals surface area contributed by atoms with E-state index in [1.165, 1.54) is 0 Å². The molecule has 1 aliphatic rings. The quantitative estimate of drug-likeness (QED) is 0.809. The molecule has 1 fully saturated rings. The van der Waals surface area contributed by atoms with Crippen LogP contribution in [0.25, 0.3) is 0 Å². The lowest BCUT2D eigenvalue weighted by Crippen LogP contribution is -2.40. The number of amides is 1. The van der Waals surface area contributed by atoms with E-state index in [1.807, 2.05) is 12.1 Å². The standard InChI is InChI=1S/C13H17NO2S/c1-16-12-7-3-6-11(12)14-13(15)9-4-2-5-10(17)8-9/h2,4-5,8,11-12,17H,3,6-7H2,1H3,(H,14,15). The maximum absolute atomic E-state index is 12.0. The largest absolute Gasteiger partial charge is 0.379 e. The molecule has 0 bridgehead atoms. The number of rotatable bonds is 3. The van der Waals surface area contributed by atoms with Crippen molar-refractivity contribution in [2.24, 2.45) is 0 Å². The zero-order valence-electron chi connectivity index (χ0n) is 9.85. The Hall–Kier alpha value is -1.00. The molecule has 0 aromatic heterocycles. The minimum atomic E-state index is -0.0464. The summed E-state index contributed by atoms with van der Waals surface area (Å²) >= 11 is 4.23. The van der Waals surface area contributed by atoms with Gasteiger partial charge in [0.05, 0.1) is 12.1 Å². The van der Waals surface area contributed by atoms with Gasteiger partial charge in [-0.3, -0.25) is 4.79 Å². The Morgan fingerprint density at radius 3 is 3.00 bits per heavy atom. The average molecular weight is 251 g/mol. The highest BCUT2D eigenvalue weighted by Gasteiger charge is 2.28. The summed E-state index contributed by atoms with van der Waals surface area (Å²) in [5.41, 5.74) is 0.652. The van der Waals surface area contributed by atoms with Crippen LogP contribution < -0.4 is 5.32 Å². The van der Waals surface area contributed by atoms with Gasteiger partial charge in [-0.15, -0.1) is 12.6 Å². The van der Waals surface area contributed by atoms with Gasteiger partial charge >= 0.3 is 0 Å². The Morgan fingerprint density at radius 1 is 1.47 bits per heavy atom. The van der Waals surface area contributed by atoms with E-state index in [4.69, 9.17) is 4.74 Å². The molecule has 1 aromatic carbocycles. The molecule has 17 heavy (non-hydrogen) atoms. The van der Waals surface area contributed by atoms with Gasteiger partial charge in [-0.05, 0) is 37.5 Å². The van der Waals surface area contributed by atoms with Crippen LogP contribution in [0, 0.1) is 0 Å². The average Bonchev–Trinajstić information content (AvgIpc) is 2.76. The molecule has 2 rings (SSSR count). The van der Waals surface area contributed by atoms with E-state index < -0.39 is 0 Å². The molecule has 1 aliphatic carbocycles. The maximum atomic E-state index is 12.0. The Balaban J connectivity index is 2.01. The molecule has 0 saturated heterocycles. The molecule has 1 aromatic rings. The van der Waals surface area contributed by atoms with Gasteiger partial charge in [0.1, 0.15) is 0 Å². The fourth-order valence-electron chi connectivity index (χ4n) is 2.27. The van der Waals surface area contributed by atoms with Crippen molar-refractivity contribution in [3.05, 3.63) is 29.8 Å². The molecule has 2 unspecified atom stereocenters. The van der Waals surface area contributed by atoms with E-state index >= 15 is 0 Å². The number of carbonyl (C=O) groups excluding carboxylic acids is 1. The maximum Gasteiger partial charge on any atom is 0.251 e. The Kier molecular flexibility index (Phi) is 4.07. The first-order valence-corrected chi connectivity index (χ1v) is 6.28. The van der Waals surface area contributed by atoms with Crippen molar-refractivity contribution < 1.29 is 9.53 Å². The Morgan fingerprint density at radius 2 is 2.29 bits per heavy atom. The molecule has 2 atom stereocenters. The van der Waals surface area contributed by atoms with Gasteiger partial charge < -0.3 is 10.1 Å². The lowest BCUT2D eigenvalue weighted by atomic mass is 10.1. The van der Waals surface area contributed by atoms with E-state index in [2.05, 4.69) is 17.9 Å². The first-order valence-electron chi connectivity index (χ1n) is 5.83. The van der Waals surface area contributed by atoms with Crippen molar-refractivity contribution in [2.75, 3.05) is 7.11 Å². The number of thiol groups is 1. The highest BCUT2D eigenvalue weighted by atomic mass is 32.1. The van der Waals surface area contributed by atoms with Crippen molar-refractivity contribution in [3.63, 3.8) is 0 Å². The summed E-state index contributed by atoms with van der Waals surface area (Å²) in [4.78, 5) is 12.8. The molecule has 0 heterocycles. The normalized spacial score (nSPS) is 23.6. The van der Waals surface area contributed by atoms with Crippen molar-refractivity contribution >= 4 is 18.5 Å². The number of nitrogens with one attached hydrogen (secondary N) is 1. The lowest BCUT2D eigenvalue weighted by Gasteiger charge is -2.19. The molecule has 1 amide bonds. The van der Waals surface area contributed by atoms with Gasteiger partial charge in [-0.25, -0.2) is 0 Å². The third-order valence-corrected chi connectivity index (χ3v) is 3.46. The van der Waals surface area contributed by atoms with Crippen LogP contribution in [0.2, 0.25) is 0 Å². The lowest BCUT2D eigenvalue weighted by molar-refractivity contribution is 0.0722. The van der Waals surface area contributed by atoms with E-state index in [9.17, 15) is 4.79 Å². The Labute approximate surface area is 107 Å². The predicted octanol–water partition coefficient (Wildman–Crippen LogP) is 2.27. The molecule has 0 radical (unpaired) electrons. The second-order valence-corrected chi connectivity index (χ2v) is 4.85. The topological polar surface area (TPSA) is 38.3 Å². The molecular weight excluding hydrogens is 234 g/mol. The number of ether oxygens (including phenoxy) is 1. The summed E-state index contributed by atoms with van der Waals surface area (Å²) in [5, 5.41) is 3.03. The molecule has 0 aliphatic heterocycles. The fraction of sp³-hybridized carbons (Fsp3) is 0.462. The van der Waals surface area contributed by atoms with Crippen LogP contribution >= 0.6 is 12.6 Å². The van der Waals surface area contributed by atoms with Crippen LogP contribution in [-0.4, -0.2) is 25.2 Å². The zero-order valence-corrected chi connectivity index (χ0v) is 10.7. The SMILES string of the molecule is COC1CCCC1NC(=O)c1cccc(S)c1. The fourth-order valence-corrected chi connectivity index (χ4v) is 2.50. The van der Waals surface area contributed by atoms with E-state index in [-0.39, 0.29) is 18.1 Å². The number of hydrogen-bond acceptors (Lipinski definition) is 3. The number of methoxy groups -OCH3 is 1. The van der Waals surface area contributed by atoms with E-state index in [1.54, 1.807) is 19.2 Å². The second kappa shape index (κ2) is 5.56. The van der Waals surface area contributed by atoms with Crippen LogP contribution in [0.3, 0.4) is 0 Å². The van der Waals surface area contributed by atoms with Crippen LogP contribution in [0.15, 0.2) is 29.2 Å². The minimum Gasteiger partial charge on any atom is -0.379 e. The minimum absolute atomic E-state index is 0.0464. The molecule has 1 N–H and O–H groups in total. The molecule has 3 nitrogen and oxygen atoms in total. The van der Waals surface area contributed by atoms with Crippen molar-refractivity contribution in [1.82, 2.24) is 5.32 Å². The van der Waals surface area contributed by atoms with Gasteiger partial charge in [0.15, 0.2) is 0 Å². The van der Waals surface area contributed by atoms with Crippen molar-refractivity contribution in [2.45, 2.75) is 36.3 Å². The summed E-state index contributed by atoms with van der Waals surface area (Å²) in [6.45, 7) is 0. The third-order valence-electron chi connectivity index (χ3n) is 3.18. The number of hydrogen-bond donors (Lipinski definition) is 2. The number of carbonyl (C=O) groups is 1. The van der Waals surface area contributed by atoms with Crippen molar-refractivity contribution in [1.29, 1.82) is 0 Å². The van der Waals surface area contributed by atoms with Crippen molar-refractivity contribution in [3.8, 4) is 0 Å². The van der Waals surface area contributed by atoms with Gasteiger partial charge in [0.2, 0.25) is 0 Å². The summed E-state index contributed by atoms with van der Waals surface area (Å²) in [6.07, 6.45) is 3.27. The molecule has 1 saturated carbocycles.